The van der Waals surface area contributed by atoms with E-state index in [4.69, 9.17) is 29.6 Å². The zero-order chi connectivity index (χ0) is 18.1. The molecule has 1 atom stereocenters. The fourth-order valence-electron chi connectivity index (χ4n) is 2.82. The predicted molar refractivity (Wildman–Crippen MR) is 101 cm³/mol. The van der Waals surface area contributed by atoms with Crippen LogP contribution in [0.1, 0.15) is 23.5 Å². The van der Waals surface area contributed by atoms with Gasteiger partial charge in [0.15, 0.2) is 5.16 Å². The maximum absolute atomic E-state index is 12.7. The molecule has 3 rings (SSSR count). The topological polar surface area (TPSA) is 64.0 Å². The van der Waals surface area contributed by atoms with Crippen LogP contribution in [0.15, 0.2) is 28.2 Å². The number of halogens is 2. The first-order valence-corrected chi connectivity index (χ1v) is 9.08. The van der Waals surface area contributed by atoms with Crippen molar-refractivity contribution in [2.45, 2.75) is 17.5 Å². The van der Waals surface area contributed by atoms with Crippen LogP contribution < -0.4 is 10.9 Å². The van der Waals surface area contributed by atoms with Gasteiger partial charge >= 0.3 is 0 Å². The molecule has 1 aromatic heterocycles. The van der Waals surface area contributed by atoms with Crippen LogP contribution in [-0.2, 0) is 11.8 Å². The standard InChI is InChI=1S/C17H13Cl2N3O2S/c1-3-6-25-17-21-16(24)14-11(8-13(23)20-15(14)22(17)2)10-5-4-9(18)7-12(10)19/h1,4-5,7,11H,6,8H2,2H3,(H,20,23). The van der Waals surface area contributed by atoms with Crippen molar-refractivity contribution in [3.05, 3.63) is 49.7 Å². The lowest BCUT2D eigenvalue weighted by molar-refractivity contribution is -0.116. The van der Waals surface area contributed by atoms with Gasteiger partial charge in [0.2, 0.25) is 5.91 Å². The SMILES string of the molecule is C#CCSc1nc(=O)c2c(n1C)NC(=O)CC2c1ccc(Cl)cc1Cl. The number of benzene rings is 1. The number of thioether (sulfide) groups is 1. The third kappa shape index (κ3) is 3.40. The number of rotatable bonds is 3. The van der Waals surface area contributed by atoms with E-state index in [1.165, 1.54) is 11.8 Å². The zero-order valence-corrected chi connectivity index (χ0v) is 15.5. The quantitative estimate of drug-likeness (QED) is 0.493. The van der Waals surface area contributed by atoms with Crippen molar-refractivity contribution in [2.75, 3.05) is 11.1 Å². The first-order chi connectivity index (χ1) is 11.9. The Bertz CT molecular complexity index is 966. The molecule has 1 aliphatic rings. The highest BCUT2D eigenvalue weighted by molar-refractivity contribution is 7.99. The van der Waals surface area contributed by atoms with Gasteiger partial charge in [-0.05, 0) is 17.7 Å². The highest BCUT2D eigenvalue weighted by atomic mass is 35.5. The molecule has 1 amide bonds. The number of amides is 1. The van der Waals surface area contributed by atoms with Gasteiger partial charge in [-0.25, -0.2) is 0 Å². The van der Waals surface area contributed by atoms with E-state index in [1.54, 1.807) is 29.8 Å². The van der Waals surface area contributed by atoms with Gasteiger partial charge in [0.1, 0.15) is 5.82 Å². The number of carbonyl (C=O) groups is 1. The maximum atomic E-state index is 12.7. The smallest absolute Gasteiger partial charge is 0.279 e. The Morgan fingerprint density at radius 2 is 2.20 bits per heavy atom. The van der Waals surface area contributed by atoms with Crippen molar-refractivity contribution >= 4 is 46.7 Å². The highest BCUT2D eigenvalue weighted by Crippen LogP contribution is 2.39. The molecule has 0 fully saturated rings. The summed E-state index contributed by atoms with van der Waals surface area (Å²) in [6.45, 7) is 0. The lowest BCUT2D eigenvalue weighted by Gasteiger charge is -2.28. The van der Waals surface area contributed by atoms with Crippen molar-refractivity contribution in [2.24, 2.45) is 7.05 Å². The van der Waals surface area contributed by atoms with Gasteiger partial charge in [-0.15, -0.1) is 6.42 Å². The summed E-state index contributed by atoms with van der Waals surface area (Å²) in [5.41, 5.74) is 0.685. The molecular formula is C17H13Cl2N3O2S. The molecule has 1 unspecified atom stereocenters. The monoisotopic (exact) mass is 393 g/mol. The van der Waals surface area contributed by atoms with Crippen LogP contribution in [0.25, 0.3) is 0 Å². The van der Waals surface area contributed by atoms with Gasteiger partial charge < -0.3 is 9.88 Å². The predicted octanol–water partition coefficient (Wildman–Crippen LogP) is 3.29. The number of anilines is 1. The summed E-state index contributed by atoms with van der Waals surface area (Å²) in [6.07, 6.45) is 5.38. The molecule has 0 radical (unpaired) electrons. The second-order valence-corrected chi connectivity index (χ2v) is 7.27. The summed E-state index contributed by atoms with van der Waals surface area (Å²) in [4.78, 5) is 29.0. The Hall–Kier alpha value is -1.94. The van der Waals surface area contributed by atoms with Gasteiger partial charge in [0, 0.05) is 29.4 Å². The van der Waals surface area contributed by atoms with Gasteiger partial charge in [0.25, 0.3) is 5.56 Å². The molecule has 8 heteroatoms. The molecule has 1 aliphatic heterocycles. The van der Waals surface area contributed by atoms with Crippen molar-refractivity contribution in [1.82, 2.24) is 9.55 Å². The van der Waals surface area contributed by atoms with Crippen molar-refractivity contribution in [3.63, 3.8) is 0 Å². The number of fused-ring (bicyclic) bond motifs is 1. The molecule has 0 spiro atoms. The number of nitrogens with zero attached hydrogens (tertiary/aromatic N) is 2. The normalized spacial score (nSPS) is 16.1. The van der Waals surface area contributed by atoms with Crippen LogP contribution in [0.5, 0.6) is 0 Å². The highest BCUT2D eigenvalue weighted by Gasteiger charge is 2.33. The van der Waals surface area contributed by atoms with Crippen molar-refractivity contribution in [1.29, 1.82) is 0 Å². The van der Waals surface area contributed by atoms with E-state index >= 15 is 0 Å². The van der Waals surface area contributed by atoms with Crippen LogP contribution in [0.3, 0.4) is 0 Å². The van der Waals surface area contributed by atoms with E-state index in [0.717, 1.165) is 0 Å². The third-order valence-corrected chi connectivity index (χ3v) is 5.42. The lowest BCUT2D eigenvalue weighted by Crippen LogP contribution is -2.33. The molecule has 1 aromatic carbocycles. The molecule has 5 nitrogen and oxygen atoms in total. The van der Waals surface area contributed by atoms with Crippen LogP contribution in [-0.4, -0.2) is 21.2 Å². The molecule has 1 N–H and O–H groups in total. The summed E-state index contributed by atoms with van der Waals surface area (Å²) in [6, 6.07) is 5.02. The van der Waals surface area contributed by atoms with Crippen LogP contribution in [0.2, 0.25) is 10.0 Å². The van der Waals surface area contributed by atoms with Gasteiger partial charge in [-0.1, -0.05) is 47.0 Å². The van der Waals surface area contributed by atoms with Crippen LogP contribution in [0.4, 0.5) is 5.82 Å². The number of aromatic nitrogens is 2. The Morgan fingerprint density at radius 3 is 2.88 bits per heavy atom. The second kappa shape index (κ2) is 7.12. The molecular weight excluding hydrogens is 381 g/mol. The van der Waals surface area contributed by atoms with Crippen LogP contribution in [0, 0.1) is 12.3 Å². The number of nitrogens with one attached hydrogen (secondary N) is 1. The zero-order valence-electron chi connectivity index (χ0n) is 13.2. The van der Waals surface area contributed by atoms with Gasteiger partial charge in [-0.2, -0.15) is 4.98 Å². The summed E-state index contributed by atoms with van der Waals surface area (Å²) < 4.78 is 1.67. The number of terminal acetylenes is 1. The maximum Gasteiger partial charge on any atom is 0.279 e. The Kier molecular flexibility index (Phi) is 5.09. The first kappa shape index (κ1) is 17.9. The summed E-state index contributed by atoms with van der Waals surface area (Å²) >= 11 is 13.5. The molecule has 0 saturated carbocycles. The summed E-state index contributed by atoms with van der Waals surface area (Å²) in [5.74, 6) is 2.61. The minimum Gasteiger partial charge on any atom is -0.312 e. The molecule has 0 aliphatic carbocycles. The molecule has 0 saturated heterocycles. The Labute approximate surface area is 158 Å². The van der Waals surface area contributed by atoms with Gasteiger partial charge in [0.05, 0.1) is 11.3 Å². The lowest BCUT2D eigenvalue weighted by atomic mass is 9.86. The summed E-state index contributed by atoms with van der Waals surface area (Å²) in [5, 5.41) is 4.11. The average Bonchev–Trinajstić information content (AvgIpc) is 2.56. The van der Waals surface area contributed by atoms with Gasteiger partial charge in [-0.3, -0.25) is 9.59 Å². The van der Waals surface area contributed by atoms with E-state index in [9.17, 15) is 9.59 Å². The molecule has 25 heavy (non-hydrogen) atoms. The Balaban J connectivity index is 2.18. The van der Waals surface area contributed by atoms with Crippen molar-refractivity contribution in [3.8, 4) is 12.3 Å². The van der Waals surface area contributed by atoms with E-state index in [-0.39, 0.29) is 12.3 Å². The van der Waals surface area contributed by atoms with Crippen molar-refractivity contribution < 1.29 is 4.79 Å². The van der Waals surface area contributed by atoms with Crippen LogP contribution >= 0.6 is 35.0 Å². The molecule has 0 bridgehead atoms. The molecule has 2 heterocycles. The van der Waals surface area contributed by atoms with E-state index in [0.29, 0.717) is 37.9 Å². The largest absolute Gasteiger partial charge is 0.312 e. The molecule has 2 aromatic rings. The summed E-state index contributed by atoms with van der Waals surface area (Å²) in [7, 11) is 1.73. The number of hydrogen-bond acceptors (Lipinski definition) is 4. The van der Waals surface area contributed by atoms with E-state index in [1.807, 2.05) is 0 Å². The molecule has 128 valence electrons. The van der Waals surface area contributed by atoms with E-state index < -0.39 is 11.5 Å². The third-order valence-electron chi connectivity index (χ3n) is 3.92. The minimum atomic E-state index is -0.480. The first-order valence-electron chi connectivity index (χ1n) is 7.34. The number of carbonyl (C=O) groups excluding carboxylic acids is 1. The average molecular weight is 394 g/mol. The fraction of sp³-hybridized carbons (Fsp3) is 0.235. The van der Waals surface area contributed by atoms with E-state index in [2.05, 4.69) is 16.2 Å². The fourth-order valence-corrected chi connectivity index (χ4v) is 4.01. The number of hydrogen-bond donors (Lipinski definition) is 1. The second-order valence-electron chi connectivity index (χ2n) is 5.48. The Morgan fingerprint density at radius 1 is 1.44 bits per heavy atom. The minimum absolute atomic E-state index is 0.113.